The first-order valence-electron chi connectivity index (χ1n) is 6.26. The van der Waals surface area contributed by atoms with E-state index in [0.717, 1.165) is 26.2 Å². The minimum Gasteiger partial charge on any atom is -0.264 e. The van der Waals surface area contributed by atoms with Crippen LogP contribution >= 0.6 is 22.6 Å². The lowest BCUT2D eigenvalue weighted by Gasteiger charge is -1.98. The third-order valence-electron chi connectivity index (χ3n) is 3.14. The number of halogens is 1. The molecule has 7 heteroatoms. The summed E-state index contributed by atoms with van der Waals surface area (Å²) in [5, 5.41) is 8.70. The van der Waals surface area contributed by atoms with E-state index in [9.17, 15) is 0 Å². The van der Waals surface area contributed by atoms with Crippen LogP contribution in [0.25, 0.3) is 22.5 Å². The molecule has 4 heterocycles. The van der Waals surface area contributed by atoms with Crippen molar-refractivity contribution < 1.29 is 0 Å². The topological polar surface area (TPSA) is 60.9 Å². The summed E-state index contributed by atoms with van der Waals surface area (Å²) in [6.45, 7) is 0. The average molecular weight is 388 g/mol. The summed E-state index contributed by atoms with van der Waals surface area (Å²) in [6, 6.07) is 5.83. The molecule has 0 bridgehead atoms. The van der Waals surface area contributed by atoms with E-state index in [0.29, 0.717) is 0 Å². The zero-order valence-corrected chi connectivity index (χ0v) is 12.9. The van der Waals surface area contributed by atoms with E-state index >= 15 is 0 Å². The molecule has 0 unspecified atom stereocenters. The summed E-state index contributed by atoms with van der Waals surface area (Å²) in [5.41, 5.74) is 3.67. The van der Waals surface area contributed by atoms with Gasteiger partial charge in [0.05, 0.1) is 12.4 Å². The Morgan fingerprint density at radius 1 is 1.00 bits per heavy atom. The maximum Gasteiger partial charge on any atom is 0.182 e. The molecule has 0 atom stereocenters. The Balaban J connectivity index is 1.83. The van der Waals surface area contributed by atoms with Gasteiger partial charge in [-0.15, -0.1) is 0 Å². The highest BCUT2D eigenvalue weighted by atomic mass is 127. The largest absolute Gasteiger partial charge is 0.264 e. The van der Waals surface area contributed by atoms with Crippen LogP contribution in [-0.4, -0.2) is 29.4 Å². The molecule has 0 aromatic carbocycles. The number of hydrogen-bond acceptors (Lipinski definition) is 4. The van der Waals surface area contributed by atoms with Crippen LogP contribution in [0.4, 0.5) is 0 Å². The predicted molar refractivity (Wildman–Crippen MR) is 86.1 cm³/mol. The van der Waals surface area contributed by atoms with E-state index < -0.39 is 0 Å². The number of pyridine rings is 1. The minimum absolute atomic E-state index is 0.780. The number of rotatable bonds is 2. The standard InChI is InChI=1S/C14H9IN6/c15-13-3-5-20-14(19-13)12(8-18-20)21-9-11(7-17-21)10-2-1-4-16-6-10/h1-9H. The lowest BCUT2D eigenvalue weighted by Crippen LogP contribution is -1.97. The molecule has 0 aliphatic heterocycles. The van der Waals surface area contributed by atoms with Gasteiger partial charge in [0.15, 0.2) is 5.65 Å². The summed E-state index contributed by atoms with van der Waals surface area (Å²) in [4.78, 5) is 8.64. The Morgan fingerprint density at radius 2 is 1.95 bits per heavy atom. The zero-order chi connectivity index (χ0) is 14.2. The second kappa shape index (κ2) is 4.92. The summed E-state index contributed by atoms with van der Waals surface area (Å²) in [7, 11) is 0. The molecule has 4 aromatic heterocycles. The van der Waals surface area contributed by atoms with E-state index in [1.54, 1.807) is 21.6 Å². The van der Waals surface area contributed by atoms with Crippen molar-refractivity contribution in [3.63, 3.8) is 0 Å². The van der Waals surface area contributed by atoms with Crippen molar-refractivity contribution >= 4 is 28.2 Å². The fraction of sp³-hybridized carbons (Fsp3) is 0. The predicted octanol–water partition coefficient (Wildman–Crippen LogP) is 2.58. The second-order valence-corrected chi connectivity index (χ2v) is 5.57. The molecule has 4 aromatic rings. The number of aromatic nitrogens is 6. The van der Waals surface area contributed by atoms with Gasteiger partial charge in [-0.2, -0.15) is 10.2 Å². The molecule has 6 nitrogen and oxygen atoms in total. The first kappa shape index (κ1) is 12.5. The SMILES string of the molecule is Ic1ccn2ncc(-n3cc(-c4cccnc4)cn3)c2n1. The molecule has 0 aliphatic carbocycles. The smallest absolute Gasteiger partial charge is 0.182 e. The van der Waals surface area contributed by atoms with E-state index in [2.05, 4.69) is 42.8 Å². The fourth-order valence-corrected chi connectivity index (χ4v) is 2.52. The number of hydrogen-bond donors (Lipinski definition) is 0. The van der Waals surface area contributed by atoms with Crippen LogP contribution < -0.4 is 0 Å². The van der Waals surface area contributed by atoms with Crippen LogP contribution in [0.3, 0.4) is 0 Å². The molecule has 0 aliphatic rings. The van der Waals surface area contributed by atoms with Crippen LogP contribution in [0.1, 0.15) is 0 Å². The zero-order valence-electron chi connectivity index (χ0n) is 10.8. The highest BCUT2D eigenvalue weighted by molar-refractivity contribution is 14.1. The van der Waals surface area contributed by atoms with Gasteiger partial charge in [0.2, 0.25) is 0 Å². The van der Waals surface area contributed by atoms with Gasteiger partial charge in [0.25, 0.3) is 0 Å². The maximum absolute atomic E-state index is 4.51. The van der Waals surface area contributed by atoms with Gasteiger partial charge in [-0.3, -0.25) is 4.98 Å². The molecule has 0 amide bonds. The lowest BCUT2D eigenvalue weighted by atomic mass is 10.2. The van der Waals surface area contributed by atoms with E-state index in [1.807, 2.05) is 43.0 Å². The van der Waals surface area contributed by atoms with Crippen molar-refractivity contribution in [2.45, 2.75) is 0 Å². The van der Waals surface area contributed by atoms with E-state index in [1.165, 1.54) is 0 Å². The Bertz CT molecular complexity index is 912. The van der Waals surface area contributed by atoms with Crippen LogP contribution in [0, 0.1) is 3.70 Å². The van der Waals surface area contributed by atoms with Gasteiger partial charge in [0, 0.05) is 35.9 Å². The van der Waals surface area contributed by atoms with Crippen LogP contribution in [-0.2, 0) is 0 Å². The van der Waals surface area contributed by atoms with Crippen molar-refractivity contribution in [2.75, 3.05) is 0 Å². The van der Waals surface area contributed by atoms with Gasteiger partial charge in [0.1, 0.15) is 9.39 Å². The molecule has 21 heavy (non-hydrogen) atoms. The lowest BCUT2D eigenvalue weighted by molar-refractivity contribution is 0.883. The van der Waals surface area contributed by atoms with Crippen LogP contribution in [0.5, 0.6) is 0 Å². The monoisotopic (exact) mass is 388 g/mol. The summed E-state index contributed by atoms with van der Waals surface area (Å²) in [6.07, 6.45) is 11.0. The third kappa shape index (κ3) is 2.19. The van der Waals surface area contributed by atoms with Crippen molar-refractivity contribution in [3.8, 4) is 16.8 Å². The first-order valence-corrected chi connectivity index (χ1v) is 7.34. The van der Waals surface area contributed by atoms with Gasteiger partial charge in [-0.05, 0) is 34.7 Å². The van der Waals surface area contributed by atoms with Gasteiger partial charge < -0.3 is 0 Å². The van der Waals surface area contributed by atoms with Crippen LogP contribution in [0.15, 0.2) is 55.4 Å². The molecule has 0 saturated heterocycles. The molecule has 0 spiro atoms. The Kier molecular flexibility index (Phi) is 2.92. The van der Waals surface area contributed by atoms with Crippen LogP contribution in [0.2, 0.25) is 0 Å². The van der Waals surface area contributed by atoms with Crippen molar-refractivity contribution in [1.29, 1.82) is 0 Å². The first-order chi connectivity index (χ1) is 10.3. The molecule has 0 radical (unpaired) electrons. The Labute approximate surface area is 133 Å². The maximum atomic E-state index is 4.51. The molecule has 0 fully saturated rings. The van der Waals surface area contributed by atoms with E-state index in [-0.39, 0.29) is 0 Å². The van der Waals surface area contributed by atoms with E-state index in [4.69, 9.17) is 0 Å². The van der Waals surface area contributed by atoms with Gasteiger partial charge >= 0.3 is 0 Å². The number of fused-ring (bicyclic) bond motifs is 1. The summed E-state index contributed by atoms with van der Waals surface area (Å²) < 4.78 is 4.44. The molecule has 4 rings (SSSR count). The Morgan fingerprint density at radius 3 is 2.81 bits per heavy atom. The minimum atomic E-state index is 0.780. The van der Waals surface area contributed by atoms with Crippen molar-refractivity contribution in [2.24, 2.45) is 0 Å². The third-order valence-corrected chi connectivity index (χ3v) is 3.74. The Hall–Kier alpha value is -2.29. The van der Waals surface area contributed by atoms with Crippen molar-refractivity contribution in [3.05, 3.63) is 59.1 Å². The highest BCUT2D eigenvalue weighted by Crippen LogP contribution is 2.20. The summed E-state index contributed by atoms with van der Waals surface area (Å²) in [5.74, 6) is 0. The normalized spacial score (nSPS) is 11.1. The molecule has 102 valence electrons. The quantitative estimate of drug-likeness (QED) is 0.391. The molecular weight excluding hydrogens is 379 g/mol. The molecule has 0 N–H and O–H groups in total. The molecular formula is C14H9IN6. The second-order valence-electron chi connectivity index (χ2n) is 4.46. The highest BCUT2D eigenvalue weighted by Gasteiger charge is 2.10. The average Bonchev–Trinajstić information content (AvgIpc) is 3.14. The number of nitrogens with zero attached hydrogens (tertiary/aromatic N) is 6. The molecule has 0 saturated carbocycles. The fourth-order valence-electron chi connectivity index (χ4n) is 2.13. The van der Waals surface area contributed by atoms with Crippen molar-refractivity contribution in [1.82, 2.24) is 29.4 Å². The summed E-state index contributed by atoms with van der Waals surface area (Å²) >= 11 is 2.19. The van der Waals surface area contributed by atoms with Gasteiger partial charge in [-0.1, -0.05) is 6.07 Å². The van der Waals surface area contributed by atoms with Gasteiger partial charge in [-0.25, -0.2) is 14.2 Å².